The van der Waals surface area contributed by atoms with E-state index in [4.69, 9.17) is 32.5 Å². The maximum absolute atomic E-state index is 12.7. The highest BCUT2D eigenvalue weighted by molar-refractivity contribution is 7.92. The molecular weight excluding hydrogens is 420 g/mol. The normalized spacial score (nSPS) is 18.3. The van der Waals surface area contributed by atoms with Gasteiger partial charge >= 0.3 is 7.12 Å². The molecule has 0 amide bonds. The molecule has 0 unspecified atom stereocenters. The van der Waals surface area contributed by atoms with Crippen molar-refractivity contribution in [2.75, 3.05) is 4.72 Å². The Bertz CT molecular complexity index is 1010. The lowest BCUT2D eigenvalue weighted by Crippen LogP contribution is -2.41. The van der Waals surface area contributed by atoms with Crippen molar-refractivity contribution in [3.63, 3.8) is 0 Å². The quantitative estimate of drug-likeness (QED) is 0.714. The molecule has 1 aliphatic heterocycles. The van der Waals surface area contributed by atoms with Crippen LogP contribution in [0, 0.1) is 6.92 Å². The van der Waals surface area contributed by atoms with Crippen LogP contribution in [0.3, 0.4) is 0 Å². The molecule has 0 atom stereocenters. The van der Waals surface area contributed by atoms with Crippen LogP contribution in [0.1, 0.15) is 33.3 Å². The number of sulfonamides is 1. The fourth-order valence-corrected chi connectivity index (χ4v) is 4.71. The first-order chi connectivity index (χ1) is 12.8. The number of hydrogen-bond acceptors (Lipinski definition) is 4. The molecule has 3 rings (SSSR count). The molecule has 0 radical (unpaired) electrons. The number of aryl methyl sites for hydroxylation is 1. The fourth-order valence-electron chi connectivity index (χ4n) is 2.82. The van der Waals surface area contributed by atoms with E-state index in [2.05, 4.69) is 4.72 Å². The Balaban J connectivity index is 1.87. The van der Waals surface area contributed by atoms with Crippen LogP contribution in [0.2, 0.25) is 10.0 Å². The van der Waals surface area contributed by atoms with Gasteiger partial charge < -0.3 is 9.31 Å². The maximum atomic E-state index is 12.7. The van der Waals surface area contributed by atoms with Crippen molar-refractivity contribution in [2.24, 2.45) is 0 Å². The minimum Gasteiger partial charge on any atom is -0.399 e. The van der Waals surface area contributed by atoms with Crippen molar-refractivity contribution in [3.8, 4) is 0 Å². The lowest BCUT2D eigenvalue weighted by molar-refractivity contribution is 0.00578. The highest BCUT2D eigenvalue weighted by Gasteiger charge is 2.51. The highest BCUT2D eigenvalue weighted by atomic mass is 35.5. The maximum Gasteiger partial charge on any atom is 0.494 e. The van der Waals surface area contributed by atoms with Crippen LogP contribution in [0.15, 0.2) is 41.3 Å². The van der Waals surface area contributed by atoms with E-state index < -0.39 is 28.3 Å². The smallest absolute Gasteiger partial charge is 0.399 e. The van der Waals surface area contributed by atoms with Gasteiger partial charge in [0.05, 0.1) is 26.9 Å². The zero-order valence-corrected chi connectivity index (χ0v) is 18.7. The third-order valence-corrected chi connectivity index (χ3v) is 7.56. The van der Waals surface area contributed by atoms with E-state index in [1.54, 1.807) is 12.1 Å². The summed E-state index contributed by atoms with van der Waals surface area (Å²) in [6.07, 6.45) is 0. The van der Waals surface area contributed by atoms with Crippen molar-refractivity contribution in [2.45, 2.75) is 50.7 Å². The largest absolute Gasteiger partial charge is 0.494 e. The fraction of sp³-hybridized carbons (Fsp3) is 0.368. The minimum atomic E-state index is -3.89. The molecule has 1 N–H and O–H groups in total. The predicted molar refractivity (Wildman–Crippen MR) is 114 cm³/mol. The Morgan fingerprint density at radius 3 is 2.18 bits per heavy atom. The number of rotatable bonds is 4. The average Bonchev–Trinajstić information content (AvgIpc) is 2.79. The van der Waals surface area contributed by atoms with E-state index in [1.165, 1.54) is 18.2 Å². The number of halogens is 2. The van der Waals surface area contributed by atoms with Gasteiger partial charge in [-0.15, -0.1) is 0 Å². The van der Waals surface area contributed by atoms with Crippen molar-refractivity contribution >= 4 is 51.5 Å². The van der Waals surface area contributed by atoms with E-state index in [-0.39, 0.29) is 14.9 Å². The summed E-state index contributed by atoms with van der Waals surface area (Å²) in [7, 11) is -4.40. The Labute approximate surface area is 176 Å². The van der Waals surface area contributed by atoms with Gasteiger partial charge in [-0.25, -0.2) is 8.42 Å². The molecule has 1 aliphatic rings. The van der Waals surface area contributed by atoms with Gasteiger partial charge in [0.1, 0.15) is 4.90 Å². The first-order valence-electron chi connectivity index (χ1n) is 8.77. The Morgan fingerprint density at radius 2 is 1.61 bits per heavy atom. The van der Waals surface area contributed by atoms with Gasteiger partial charge in [0.25, 0.3) is 10.0 Å². The van der Waals surface area contributed by atoms with Crippen LogP contribution in [0.25, 0.3) is 0 Å². The van der Waals surface area contributed by atoms with E-state index in [1.807, 2.05) is 40.7 Å². The van der Waals surface area contributed by atoms with E-state index in [0.29, 0.717) is 5.69 Å². The average molecular weight is 442 g/mol. The van der Waals surface area contributed by atoms with Crippen molar-refractivity contribution in [3.05, 3.63) is 52.0 Å². The van der Waals surface area contributed by atoms with Crippen LogP contribution >= 0.6 is 23.2 Å². The molecule has 2 aromatic rings. The van der Waals surface area contributed by atoms with Crippen LogP contribution in [-0.4, -0.2) is 26.7 Å². The molecule has 1 heterocycles. The predicted octanol–water partition coefficient (Wildman–Crippen LogP) is 4.40. The van der Waals surface area contributed by atoms with Crippen LogP contribution in [-0.2, 0) is 19.3 Å². The number of nitrogens with one attached hydrogen (secondary N) is 1. The second-order valence-electron chi connectivity index (χ2n) is 7.82. The molecule has 2 aromatic carbocycles. The van der Waals surface area contributed by atoms with Crippen molar-refractivity contribution < 1.29 is 17.7 Å². The summed E-state index contributed by atoms with van der Waals surface area (Å²) < 4.78 is 40.1. The van der Waals surface area contributed by atoms with Gasteiger partial charge in [0, 0.05) is 0 Å². The first kappa shape index (κ1) is 21.5. The Morgan fingerprint density at radius 1 is 1.00 bits per heavy atom. The zero-order chi connectivity index (χ0) is 20.9. The van der Waals surface area contributed by atoms with Crippen LogP contribution in [0.5, 0.6) is 0 Å². The number of hydrogen-bond donors (Lipinski definition) is 1. The van der Waals surface area contributed by atoms with Gasteiger partial charge in [0.15, 0.2) is 0 Å². The third kappa shape index (κ3) is 3.91. The SMILES string of the molecule is Cc1cc(B2OC(C)(C)C(C)(C)O2)ccc1NS(=O)(=O)c1cccc(Cl)c1Cl. The molecule has 0 aromatic heterocycles. The van der Waals surface area contributed by atoms with Gasteiger partial charge in [-0.1, -0.05) is 41.4 Å². The standard InChI is InChI=1S/C19H22BCl2NO4S/c1-12-11-13(20-26-18(2,3)19(4,5)27-20)9-10-15(12)23-28(24,25)16-8-6-7-14(21)17(16)22/h6-11,23H,1-5H3. The summed E-state index contributed by atoms with van der Waals surface area (Å²) in [4.78, 5) is -0.0731. The number of anilines is 1. The van der Waals surface area contributed by atoms with E-state index in [0.717, 1.165) is 11.0 Å². The topological polar surface area (TPSA) is 64.6 Å². The van der Waals surface area contributed by atoms with Crippen LogP contribution < -0.4 is 10.2 Å². The van der Waals surface area contributed by atoms with Crippen molar-refractivity contribution in [1.29, 1.82) is 0 Å². The summed E-state index contributed by atoms with van der Waals surface area (Å²) in [6, 6.07) is 9.80. The van der Waals surface area contributed by atoms with Gasteiger partial charge in [-0.2, -0.15) is 0 Å². The molecule has 0 bridgehead atoms. The molecule has 150 valence electrons. The summed E-state index contributed by atoms with van der Waals surface area (Å²) in [6.45, 7) is 9.74. The summed E-state index contributed by atoms with van der Waals surface area (Å²) in [5.41, 5.74) is 1.09. The van der Waals surface area contributed by atoms with Gasteiger partial charge in [-0.3, -0.25) is 4.72 Å². The van der Waals surface area contributed by atoms with E-state index >= 15 is 0 Å². The number of benzene rings is 2. The molecule has 28 heavy (non-hydrogen) atoms. The second kappa shape index (κ2) is 7.22. The molecule has 0 spiro atoms. The van der Waals surface area contributed by atoms with Crippen LogP contribution in [0.4, 0.5) is 5.69 Å². The van der Waals surface area contributed by atoms with Gasteiger partial charge in [0.2, 0.25) is 0 Å². The summed E-state index contributed by atoms with van der Waals surface area (Å²) in [5.74, 6) is 0. The third-order valence-electron chi connectivity index (χ3n) is 5.23. The lowest BCUT2D eigenvalue weighted by atomic mass is 9.78. The molecule has 5 nitrogen and oxygen atoms in total. The molecule has 9 heteroatoms. The molecule has 0 saturated carbocycles. The summed E-state index contributed by atoms with van der Waals surface area (Å²) >= 11 is 12.0. The molecule has 0 aliphatic carbocycles. The lowest BCUT2D eigenvalue weighted by Gasteiger charge is -2.32. The first-order valence-corrected chi connectivity index (χ1v) is 11.0. The summed E-state index contributed by atoms with van der Waals surface area (Å²) in [5, 5.41) is 0.167. The monoisotopic (exact) mass is 441 g/mol. The zero-order valence-electron chi connectivity index (χ0n) is 16.3. The van der Waals surface area contributed by atoms with Gasteiger partial charge in [-0.05, 0) is 63.8 Å². The minimum absolute atomic E-state index is 0.0110. The Kier molecular flexibility index (Phi) is 5.53. The second-order valence-corrected chi connectivity index (χ2v) is 10.3. The van der Waals surface area contributed by atoms with Crippen molar-refractivity contribution in [1.82, 2.24) is 0 Å². The molecular formula is C19H22BCl2NO4S. The molecule has 1 fully saturated rings. The molecule has 1 saturated heterocycles. The Hall–Kier alpha value is -1.25. The van der Waals surface area contributed by atoms with E-state index in [9.17, 15) is 8.42 Å². The highest BCUT2D eigenvalue weighted by Crippen LogP contribution is 2.37.